The van der Waals surface area contributed by atoms with Gasteiger partial charge in [-0.2, -0.15) is 0 Å². The van der Waals surface area contributed by atoms with Gasteiger partial charge in [-0.05, 0) is 56.3 Å². The van der Waals surface area contributed by atoms with Crippen molar-refractivity contribution in [3.8, 4) is 0 Å². The van der Waals surface area contributed by atoms with Crippen LogP contribution in [-0.4, -0.2) is 59.9 Å². The second kappa shape index (κ2) is 10.7. The molecule has 0 aromatic heterocycles. The third kappa shape index (κ3) is 6.01. The van der Waals surface area contributed by atoms with Gasteiger partial charge < -0.3 is 26.6 Å². The Balaban J connectivity index is 1.48. The summed E-state index contributed by atoms with van der Waals surface area (Å²) >= 11 is 0. The fraction of sp³-hybridized carbons (Fsp3) is 0.636. The van der Waals surface area contributed by atoms with Gasteiger partial charge in [0.25, 0.3) is 0 Å². The molecule has 1 aromatic carbocycles. The lowest BCUT2D eigenvalue weighted by molar-refractivity contribution is -0.139. The molecule has 2 aliphatic rings. The molecule has 29 heavy (non-hydrogen) atoms. The Bertz CT molecular complexity index is 672. The molecule has 7 nitrogen and oxygen atoms in total. The summed E-state index contributed by atoms with van der Waals surface area (Å²) in [5.74, 6) is -0.186. The Morgan fingerprint density at radius 3 is 2.41 bits per heavy atom. The normalized spacial score (nSPS) is 21.2. The van der Waals surface area contributed by atoms with Gasteiger partial charge in [-0.25, -0.2) is 0 Å². The number of nitrogens with zero attached hydrogens (tertiary/aromatic N) is 2. The Kier molecular flexibility index (Phi) is 8.03. The number of rotatable bonds is 8. The van der Waals surface area contributed by atoms with E-state index in [0.29, 0.717) is 32.5 Å². The molecule has 3 rings (SSSR count). The van der Waals surface area contributed by atoms with Gasteiger partial charge >= 0.3 is 0 Å². The maximum atomic E-state index is 12.9. The Hall–Kier alpha value is -1.96. The lowest BCUT2D eigenvalue weighted by Crippen LogP contribution is -2.51. The van der Waals surface area contributed by atoms with Crippen LogP contribution in [0.15, 0.2) is 24.3 Å². The van der Waals surface area contributed by atoms with Crippen LogP contribution in [-0.2, 0) is 22.7 Å². The quantitative estimate of drug-likeness (QED) is 0.602. The number of amides is 2. The molecule has 160 valence electrons. The maximum absolute atomic E-state index is 12.9. The van der Waals surface area contributed by atoms with Gasteiger partial charge in [0.05, 0.1) is 6.04 Å². The first kappa shape index (κ1) is 21.7. The second-order valence-corrected chi connectivity index (χ2v) is 8.23. The predicted octanol–water partition coefficient (Wildman–Crippen LogP) is 0.956. The summed E-state index contributed by atoms with van der Waals surface area (Å²) in [6.45, 7) is 4.62. The zero-order valence-electron chi connectivity index (χ0n) is 17.3. The molecule has 2 saturated heterocycles. The second-order valence-electron chi connectivity index (χ2n) is 8.23. The maximum Gasteiger partial charge on any atom is 0.243 e. The first-order chi connectivity index (χ1) is 14.1. The van der Waals surface area contributed by atoms with Crippen LogP contribution in [0.3, 0.4) is 0 Å². The van der Waals surface area contributed by atoms with Crippen LogP contribution in [0.1, 0.15) is 49.7 Å². The number of benzene rings is 1. The van der Waals surface area contributed by atoms with Crippen molar-refractivity contribution in [1.29, 1.82) is 0 Å². The average Bonchev–Trinajstić information content (AvgIpc) is 3.26. The fourth-order valence-corrected chi connectivity index (χ4v) is 4.24. The van der Waals surface area contributed by atoms with E-state index in [4.69, 9.17) is 11.5 Å². The third-order valence-electron chi connectivity index (χ3n) is 6.09. The Labute approximate surface area is 173 Å². The minimum atomic E-state index is -0.533. The van der Waals surface area contributed by atoms with Gasteiger partial charge in [-0.1, -0.05) is 30.7 Å². The van der Waals surface area contributed by atoms with Crippen LogP contribution in [0, 0.1) is 0 Å². The monoisotopic (exact) mass is 401 g/mol. The van der Waals surface area contributed by atoms with Gasteiger partial charge in [0, 0.05) is 26.2 Å². The van der Waals surface area contributed by atoms with Crippen molar-refractivity contribution in [3.63, 3.8) is 0 Å². The lowest BCUT2D eigenvalue weighted by Gasteiger charge is -2.29. The number of carbonyl (C=O) groups excluding carboxylic acids is 2. The van der Waals surface area contributed by atoms with Gasteiger partial charge in [0.15, 0.2) is 0 Å². The molecule has 0 spiro atoms. The van der Waals surface area contributed by atoms with Crippen molar-refractivity contribution in [2.45, 2.75) is 63.7 Å². The van der Waals surface area contributed by atoms with Gasteiger partial charge in [0.1, 0.15) is 6.04 Å². The topological polar surface area (TPSA) is 105 Å². The third-order valence-corrected chi connectivity index (χ3v) is 6.09. The van der Waals surface area contributed by atoms with Crippen molar-refractivity contribution >= 4 is 11.8 Å². The van der Waals surface area contributed by atoms with E-state index in [-0.39, 0.29) is 11.8 Å². The number of hydrogen-bond acceptors (Lipinski definition) is 5. The summed E-state index contributed by atoms with van der Waals surface area (Å²) in [7, 11) is 0. The lowest BCUT2D eigenvalue weighted by atomic mass is 10.1. The zero-order valence-corrected chi connectivity index (χ0v) is 17.3. The van der Waals surface area contributed by atoms with E-state index in [0.717, 1.165) is 37.2 Å². The molecule has 1 aromatic rings. The zero-order chi connectivity index (χ0) is 20.6. The molecule has 0 aliphatic carbocycles. The van der Waals surface area contributed by atoms with E-state index >= 15 is 0 Å². The van der Waals surface area contributed by atoms with Crippen molar-refractivity contribution in [2.75, 3.05) is 26.2 Å². The summed E-state index contributed by atoms with van der Waals surface area (Å²) < 4.78 is 0. The van der Waals surface area contributed by atoms with Crippen LogP contribution in [0.2, 0.25) is 0 Å². The summed E-state index contributed by atoms with van der Waals surface area (Å²) in [5, 5.41) is 2.97. The van der Waals surface area contributed by atoms with E-state index in [9.17, 15) is 9.59 Å². The molecule has 0 radical (unpaired) electrons. The molecule has 0 bridgehead atoms. The number of carbonyl (C=O) groups is 2. The summed E-state index contributed by atoms with van der Waals surface area (Å²) in [6.07, 6.45) is 5.94. The first-order valence-electron chi connectivity index (χ1n) is 10.9. The molecule has 2 atom stereocenters. The van der Waals surface area contributed by atoms with E-state index in [1.54, 1.807) is 4.90 Å². The van der Waals surface area contributed by atoms with Crippen LogP contribution >= 0.6 is 0 Å². The van der Waals surface area contributed by atoms with Crippen molar-refractivity contribution in [1.82, 2.24) is 15.1 Å². The SMILES string of the molecule is NCc1ccc(CNC(=O)C2CCCN2C(=O)C(N)CCN2CCCCC2)cc1. The van der Waals surface area contributed by atoms with Gasteiger partial charge in [-0.15, -0.1) is 0 Å². The minimum Gasteiger partial charge on any atom is -0.350 e. The van der Waals surface area contributed by atoms with E-state index in [1.165, 1.54) is 19.3 Å². The molecule has 2 aliphatic heterocycles. The highest BCUT2D eigenvalue weighted by Gasteiger charge is 2.36. The number of nitrogens with one attached hydrogen (secondary N) is 1. The Morgan fingerprint density at radius 1 is 1.03 bits per heavy atom. The summed E-state index contributed by atoms with van der Waals surface area (Å²) in [6, 6.07) is 6.93. The van der Waals surface area contributed by atoms with Crippen LogP contribution < -0.4 is 16.8 Å². The highest BCUT2D eigenvalue weighted by atomic mass is 16.2. The Morgan fingerprint density at radius 2 is 1.72 bits per heavy atom. The average molecular weight is 402 g/mol. The van der Waals surface area contributed by atoms with Gasteiger partial charge in [-0.3, -0.25) is 9.59 Å². The molecular formula is C22H35N5O2. The highest BCUT2D eigenvalue weighted by molar-refractivity contribution is 5.90. The van der Waals surface area contributed by atoms with Crippen LogP contribution in [0.4, 0.5) is 0 Å². The fourth-order valence-electron chi connectivity index (χ4n) is 4.24. The van der Waals surface area contributed by atoms with Crippen molar-refractivity contribution in [2.24, 2.45) is 11.5 Å². The molecule has 2 unspecified atom stereocenters. The molecule has 5 N–H and O–H groups in total. The number of likely N-dealkylation sites (tertiary alicyclic amines) is 2. The minimum absolute atomic E-state index is 0.0908. The molecule has 7 heteroatoms. The van der Waals surface area contributed by atoms with Gasteiger partial charge in [0.2, 0.25) is 11.8 Å². The van der Waals surface area contributed by atoms with Crippen LogP contribution in [0.25, 0.3) is 0 Å². The van der Waals surface area contributed by atoms with E-state index in [2.05, 4.69) is 10.2 Å². The first-order valence-corrected chi connectivity index (χ1v) is 10.9. The van der Waals surface area contributed by atoms with Crippen molar-refractivity contribution < 1.29 is 9.59 Å². The van der Waals surface area contributed by atoms with E-state index in [1.807, 2.05) is 24.3 Å². The molecule has 2 heterocycles. The molecule has 2 fully saturated rings. The largest absolute Gasteiger partial charge is 0.350 e. The molecule has 0 saturated carbocycles. The number of hydrogen-bond donors (Lipinski definition) is 3. The van der Waals surface area contributed by atoms with Crippen LogP contribution in [0.5, 0.6) is 0 Å². The van der Waals surface area contributed by atoms with Crippen molar-refractivity contribution in [3.05, 3.63) is 35.4 Å². The summed E-state index contributed by atoms with van der Waals surface area (Å²) in [5.41, 5.74) is 13.9. The molecular weight excluding hydrogens is 366 g/mol. The standard InChI is InChI=1S/C22H35N5O2/c23-15-17-6-8-18(9-7-17)16-25-21(28)20-5-4-13-27(20)22(29)19(24)10-14-26-11-2-1-3-12-26/h6-9,19-20H,1-5,10-16,23-24H2,(H,25,28). The molecule has 2 amide bonds. The smallest absolute Gasteiger partial charge is 0.243 e. The predicted molar refractivity (Wildman–Crippen MR) is 114 cm³/mol. The highest BCUT2D eigenvalue weighted by Crippen LogP contribution is 2.19. The number of nitrogens with two attached hydrogens (primary N) is 2. The number of piperidine rings is 1. The summed E-state index contributed by atoms with van der Waals surface area (Å²) in [4.78, 5) is 29.7. The van der Waals surface area contributed by atoms with E-state index < -0.39 is 12.1 Å².